The van der Waals surface area contributed by atoms with Crippen LogP contribution in [0.3, 0.4) is 0 Å². The number of ether oxygens (including phenoxy) is 1. The van der Waals surface area contributed by atoms with Gasteiger partial charge in [0, 0.05) is 0 Å². The molecule has 2 heteroatoms. The van der Waals surface area contributed by atoms with Crippen LogP contribution in [0.1, 0.15) is 5.56 Å². The highest BCUT2D eigenvalue weighted by atomic mass is 16.5. The summed E-state index contributed by atoms with van der Waals surface area (Å²) in [5.41, 5.74) is 1.04. The second-order valence-corrected chi connectivity index (χ2v) is 2.26. The number of benzene rings is 1. The number of hydrogen-bond donors (Lipinski definition) is 1. The molecule has 0 atom stereocenters. The van der Waals surface area contributed by atoms with Gasteiger partial charge in [-0.25, -0.2) is 0 Å². The molecule has 1 aromatic rings. The molecule has 11 heavy (non-hydrogen) atoms. The number of hydrogen-bond acceptors (Lipinski definition) is 2. The molecule has 0 fully saturated rings. The van der Waals surface area contributed by atoms with E-state index in [0.717, 1.165) is 5.56 Å². The molecule has 0 bridgehead atoms. The monoisotopic (exact) mass is 150 g/mol. The van der Waals surface area contributed by atoms with Crippen LogP contribution in [-0.2, 0) is 0 Å². The third-order valence-electron chi connectivity index (χ3n) is 1.33. The highest BCUT2D eigenvalue weighted by molar-refractivity contribution is 5.41. The van der Waals surface area contributed by atoms with Gasteiger partial charge in [-0.05, 0) is 24.6 Å². The number of phenolic OH excluding ortho intramolecular Hbond substituents is 1. The van der Waals surface area contributed by atoms with E-state index in [0.29, 0.717) is 5.75 Å². The SMILES string of the molecule is C=COc1cc(C)ccc1O. The lowest BCUT2D eigenvalue weighted by Gasteiger charge is -2.02. The van der Waals surface area contributed by atoms with Crippen molar-refractivity contribution in [3.63, 3.8) is 0 Å². The van der Waals surface area contributed by atoms with Crippen molar-refractivity contribution in [2.45, 2.75) is 6.92 Å². The minimum absolute atomic E-state index is 0.135. The van der Waals surface area contributed by atoms with E-state index in [1.807, 2.05) is 13.0 Å². The largest absolute Gasteiger partial charge is 0.504 e. The summed E-state index contributed by atoms with van der Waals surface area (Å²) in [5.74, 6) is 0.579. The number of rotatable bonds is 2. The molecule has 0 aliphatic rings. The zero-order valence-electron chi connectivity index (χ0n) is 6.37. The van der Waals surface area contributed by atoms with Crippen LogP contribution in [0.15, 0.2) is 31.0 Å². The highest BCUT2D eigenvalue weighted by Crippen LogP contribution is 2.26. The Bertz CT molecular complexity index is 266. The minimum atomic E-state index is 0.135. The first kappa shape index (κ1) is 7.66. The van der Waals surface area contributed by atoms with E-state index < -0.39 is 0 Å². The molecule has 1 rings (SSSR count). The van der Waals surface area contributed by atoms with Gasteiger partial charge in [0.2, 0.25) is 0 Å². The molecule has 0 radical (unpaired) electrons. The molecule has 0 aliphatic carbocycles. The Morgan fingerprint density at radius 1 is 1.55 bits per heavy atom. The highest BCUT2D eigenvalue weighted by Gasteiger charge is 1.98. The van der Waals surface area contributed by atoms with Crippen LogP contribution in [0, 0.1) is 6.92 Å². The molecular weight excluding hydrogens is 140 g/mol. The summed E-state index contributed by atoms with van der Waals surface area (Å²) in [6.07, 6.45) is 1.29. The second kappa shape index (κ2) is 3.10. The maximum Gasteiger partial charge on any atom is 0.168 e. The van der Waals surface area contributed by atoms with Gasteiger partial charge < -0.3 is 9.84 Å². The first-order valence-corrected chi connectivity index (χ1v) is 3.31. The molecule has 1 N–H and O–H groups in total. The standard InChI is InChI=1S/C9H10O2/c1-3-11-9-6-7(2)4-5-8(9)10/h3-6,10H,1H2,2H3. The normalized spacial score (nSPS) is 9.18. The first-order valence-electron chi connectivity index (χ1n) is 3.31. The van der Waals surface area contributed by atoms with Gasteiger partial charge in [0.1, 0.15) is 0 Å². The van der Waals surface area contributed by atoms with Crippen molar-refractivity contribution in [1.29, 1.82) is 0 Å². The van der Waals surface area contributed by atoms with E-state index >= 15 is 0 Å². The average molecular weight is 150 g/mol. The van der Waals surface area contributed by atoms with Gasteiger partial charge in [-0.2, -0.15) is 0 Å². The Hall–Kier alpha value is -1.44. The Labute approximate surface area is 65.7 Å². The molecule has 0 saturated carbocycles. The van der Waals surface area contributed by atoms with E-state index in [1.54, 1.807) is 12.1 Å². The quantitative estimate of drug-likeness (QED) is 0.655. The van der Waals surface area contributed by atoms with Crippen LogP contribution in [-0.4, -0.2) is 5.11 Å². The van der Waals surface area contributed by atoms with E-state index in [4.69, 9.17) is 4.74 Å². The fourth-order valence-electron chi connectivity index (χ4n) is 0.806. The zero-order valence-corrected chi connectivity index (χ0v) is 6.37. The Kier molecular flexibility index (Phi) is 2.16. The lowest BCUT2D eigenvalue weighted by Crippen LogP contribution is -1.82. The molecule has 0 aromatic heterocycles. The topological polar surface area (TPSA) is 29.5 Å². The predicted molar refractivity (Wildman–Crippen MR) is 43.7 cm³/mol. The predicted octanol–water partition coefficient (Wildman–Crippen LogP) is 2.22. The van der Waals surface area contributed by atoms with Crippen LogP contribution in [0.25, 0.3) is 0 Å². The van der Waals surface area contributed by atoms with Gasteiger partial charge in [0.25, 0.3) is 0 Å². The molecule has 0 amide bonds. The van der Waals surface area contributed by atoms with Gasteiger partial charge in [-0.1, -0.05) is 12.6 Å². The smallest absolute Gasteiger partial charge is 0.168 e. The van der Waals surface area contributed by atoms with Gasteiger partial charge in [0.05, 0.1) is 6.26 Å². The Morgan fingerprint density at radius 2 is 2.27 bits per heavy atom. The fourth-order valence-corrected chi connectivity index (χ4v) is 0.806. The van der Waals surface area contributed by atoms with E-state index in [9.17, 15) is 5.11 Å². The van der Waals surface area contributed by atoms with E-state index in [-0.39, 0.29) is 5.75 Å². The van der Waals surface area contributed by atoms with Gasteiger partial charge in [-0.15, -0.1) is 0 Å². The van der Waals surface area contributed by atoms with E-state index in [1.165, 1.54) is 6.26 Å². The van der Waals surface area contributed by atoms with E-state index in [2.05, 4.69) is 6.58 Å². The molecule has 0 unspecified atom stereocenters. The summed E-state index contributed by atoms with van der Waals surface area (Å²) in [5, 5.41) is 9.19. The molecule has 0 aliphatic heterocycles. The second-order valence-electron chi connectivity index (χ2n) is 2.26. The van der Waals surface area contributed by atoms with Crippen molar-refractivity contribution in [2.75, 3.05) is 0 Å². The van der Waals surface area contributed by atoms with Crippen molar-refractivity contribution in [3.8, 4) is 11.5 Å². The summed E-state index contributed by atoms with van der Waals surface area (Å²) in [4.78, 5) is 0. The first-order chi connectivity index (χ1) is 5.24. The number of phenols is 1. The van der Waals surface area contributed by atoms with Crippen LogP contribution < -0.4 is 4.74 Å². The van der Waals surface area contributed by atoms with Crippen molar-refractivity contribution < 1.29 is 9.84 Å². The number of aryl methyl sites for hydroxylation is 1. The summed E-state index contributed by atoms with van der Waals surface area (Å²) >= 11 is 0. The Morgan fingerprint density at radius 3 is 2.91 bits per heavy atom. The maximum atomic E-state index is 9.19. The molecule has 0 spiro atoms. The van der Waals surface area contributed by atoms with Crippen LogP contribution >= 0.6 is 0 Å². The summed E-state index contributed by atoms with van der Waals surface area (Å²) < 4.78 is 4.93. The van der Waals surface area contributed by atoms with Crippen LogP contribution in [0.2, 0.25) is 0 Å². The maximum absolute atomic E-state index is 9.19. The molecule has 0 saturated heterocycles. The third kappa shape index (κ3) is 1.74. The van der Waals surface area contributed by atoms with Gasteiger partial charge >= 0.3 is 0 Å². The number of aromatic hydroxyl groups is 1. The molecular formula is C9H10O2. The van der Waals surface area contributed by atoms with Crippen LogP contribution in [0.5, 0.6) is 11.5 Å². The van der Waals surface area contributed by atoms with Gasteiger partial charge in [0.15, 0.2) is 11.5 Å². The lowest BCUT2D eigenvalue weighted by atomic mass is 10.2. The minimum Gasteiger partial charge on any atom is -0.504 e. The lowest BCUT2D eigenvalue weighted by molar-refractivity contribution is 0.411. The molecule has 2 nitrogen and oxygen atoms in total. The molecule has 0 heterocycles. The molecule has 1 aromatic carbocycles. The fraction of sp³-hybridized carbons (Fsp3) is 0.111. The summed E-state index contributed by atoms with van der Waals surface area (Å²) in [7, 11) is 0. The average Bonchev–Trinajstić information content (AvgIpc) is 1.98. The summed E-state index contributed by atoms with van der Waals surface area (Å²) in [6, 6.07) is 5.15. The zero-order chi connectivity index (χ0) is 8.27. The summed E-state index contributed by atoms with van der Waals surface area (Å²) in [6.45, 7) is 5.32. The van der Waals surface area contributed by atoms with Crippen molar-refractivity contribution in [3.05, 3.63) is 36.6 Å². The van der Waals surface area contributed by atoms with Gasteiger partial charge in [-0.3, -0.25) is 0 Å². The Balaban J connectivity index is 3.01. The third-order valence-corrected chi connectivity index (χ3v) is 1.33. The van der Waals surface area contributed by atoms with Crippen molar-refractivity contribution >= 4 is 0 Å². The molecule has 58 valence electrons. The van der Waals surface area contributed by atoms with Crippen molar-refractivity contribution in [2.24, 2.45) is 0 Å². The van der Waals surface area contributed by atoms with Crippen molar-refractivity contribution in [1.82, 2.24) is 0 Å². The van der Waals surface area contributed by atoms with Crippen LogP contribution in [0.4, 0.5) is 0 Å².